The van der Waals surface area contributed by atoms with Crippen LogP contribution in [0.25, 0.3) is 0 Å². The Morgan fingerprint density at radius 1 is 1.08 bits per heavy atom. The predicted octanol–water partition coefficient (Wildman–Crippen LogP) is 2.95. The Labute approximate surface area is 76.9 Å². The third kappa shape index (κ3) is 3.57. The van der Waals surface area contributed by atoms with E-state index in [-0.39, 0.29) is 0 Å². The van der Waals surface area contributed by atoms with Crippen LogP contribution in [0.3, 0.4) is 0 Å². The molecule has 1 aliphatic rings. The third-order valence-electron chi connectivity index (χ3n) is 2.83. The number of hydrogen-bond acceptors (Lipinski definition) is 1. The van der Waals surface area contributed by atoms with Crippen LogP contribution in [0.15, 0.2) is 0 Å². The van der Waals surface area contributed by atoms with Gasteiger partial charge in [-0.1, -0.05) is 33.6 Å². The molecule has 0 bridgehead atoms. The van der Waals surface area contributed by atoms with Crippen LogP contribution < -0.4 is 5.32 Å². The molecule has 0 amide bonds. The second-order valence-corrected chi connectivity index (χ2v) is 4.63. The quantitative estimate of drug-likeness (QED) is 0.627. The molecule has 1 aliphatic carbocycles. The molecule has 0 unspecified atom stereocenters. The molecule has 12 heavy (non-hydrogen) atoms. The van der Waals surface area contributed by atoms with Gasteiger partial charge in [-0.2, -0.15) is 0 Å². The van der Waals surface area contributed by atoms with Gasteiger partial charge in [0.05, 0.1) is 0 Å². The molecule has 0 aromatic heterocycles. The van der Waals surface area contributed by atoms with Crippen LogP contribution in [0, 0.1) is 5.92 Å². The van der Waals surface area contributed by atoms with E-state index < -0.39 is 0 Å². The van der Waals surface area contributed by atoms with Gasteiger partial charge in [-0.3, -0.25) is 0 Å². The number of nitrogens with one attached hydrogen (secondary N) is 1. The zero-order valence-corrected chi connectivity index (χ0v) is 8.77. The number of hydrogen-bond donors (Lipinski definition) is 1. The van der Waals surface area contributed by atoms with Crippen molar-refractivity contribution < 1.29 is 0 Å². The average Bonchev–Trinajstić information content (AvgIpc) is 2.15. The second-order valence-electron chi connectivity index (χ2n) is 4.63. The van der Waals surface area contributed by atoms with E-state index in [9.17, 15) is 0 Å². The van der Waals surface area contributed by atoms with Crippen molar-refractivity contribution in [3.05, 3.63) is 0 Å². The summed E-state index contributed by atoms with van der Waals surface area (Å²) in [5, 5.41) is 3.64. The van der Waals surface area contributed by atoms with E-state index in [4.69, 9.17) is 0 Å². The molecular weight excluding hydrogens is 146 g/mol. The zero-order valence-electron chi connectivity index (χ0n) is 8.77. The van der Waals surface area contributed by atoms with Gasteiger partial charge in [-0.15, -0.1) is 0 Å². The minimum absolute atomic E-state index is 0.656. The van der Waals surface area contributed by atoms with Crippen molar-refractivity contribution in [2.45, 2.75) is 65.0 Å². The van der Waals surface area contributed by atoms with Crippen molar-refractivity contribution >= 4 is 0 Å². The highest BCUT2D eigenvalue weighted by Crippen LogP contribution is 2.22. The molecule has 0 aromatic rings. The van der Waals surface area contributed by atoms with Crippen molar-refractivity contribution in [3.63, 3.8) is 0 Å². The van der Waals surface area contributed by atoms with E-state index in [1.165, 1.54) is 32.1 Å². The van der Waals surface area contributed by atoms with E-state index in [1.54, 1.807) is 0 Å². The first-order valence-electron chi connectivity index (χ1n) is 5.44. The van der Waals surface area contributed by atoms with Crippen molar-refractivity contribution in [2.75, 3.05) is 0 Å². The Kier molecular flexibility index (Phi) is 4.07. The Hall–Kier alpha value is -0.0400. The molecule has 0 saturated heterocycles. The van der Waals surface area contributed by atoms with E-state index in [2.05, 4.69) is 26.1 Å². The summed E-state index contributed by atoms with van der Waals surface area (Å²) in [5.74, 6) is 0.962. The normalized spacial score (nSPS) is 32.0. The first-order valence-corrected chi connectivity index (χ1v) is 5.44. The molecule has 1 N–H and O–H groups in total. The lowest BCUT2D eigenvalue weighted by atomic mass is 10.0. The molecule has 1 heteroatoms. The molecule has 1 fully saturated rings. The SMILES string of the molecule is CC(C)N[C@@H]1CCC[C@@H](C)CC1. The average molecular weight is 169 g/mol. The van der Waals surface area contributed by atoms with Gasteiger partial charge in [0.15, 0.2) is 0 Å². The molecule has 1 nitrogen and oxygen atoms in total. The largest absolute Gasteiger partial charge is 0.312 e. The van der Waals surface area contributed by atoms with E-state index in [1.807, 2.05) is 0 Å². The molecule has 0 spiro atoms. The van der Waals surface area contributed by atoms with Crippen LogP contribution in [-0.4, -0.2) is 12.1 Å². The van der Waals surface area contributed by atoms with Gasteiger partial charge in [-0.05, 0) is 25.2 Å². The highest BCUT2D eigenvalue weighted by molar-refractivity contribution is 4.74. The van der Waals surface area contributed by atoms with E-state index in [0.717, 1.165) is 12.0 Å². The fourth-order valence-corrected chi connectivity index (χ4v) is 2.13. The molecular formula is C11H23N. The fraction of sp³-hybridized carbons (Fsp3) is 1.00. The summed E-state index contributed by atoms with van der Waals surface area (Å²) in [4.78, 5) is 0. The van der Waals surface area contributed by atoms with Crippen molar-refractivity contribution in [1.82, 2.24) is 5.32 Å². The van der Waals surface area contributed by atoms with Crippen LogP contribution in [0.2, 0.25) is 0 Å². The summed E-state index contributed by atoms with van der Waals surface area (Å²) in [6.45, 7) is 6.88. The first kappa shape index (κ1) is 10.0. The van der Waals surface area contributed by atoms with Crippen LogP contribution in [0.4, 0.5) is 0 Å². The molecule has 1 saturated carbocycles. The Morgan fingerprint density at radius 2 is 1.83 bits per heavy atom. The van der Waals surface area contributed by atoms with Gasteiger partial charge in [0.2, 0.25) is 0 Å². The Morgan fingerprint density at radius 3 is 2.50 bits per heavy atom. The van der Waals surface area contributed by atoms with E-state index in [0.29, 0.717) is 6.04 Å². The summed E-state index contributed by atoms with van der Waals surface area (Å²) in [5.41, 5.74) is 0. The Balaban J connectivity index is 2.26. The lowest BCUT2D eigenvalue weighted by Crippen LogP contribution is -2.34. The molecule has 2 atom stereocenters. The van der Waals surface area contributed by atoms with Gasteiger partial charge in [-0.25, -0.2) is 0 Å². The summed E-state index contributed by atoms with van der Waals surface area (Å²) in [6.07, 6.45) is 7.06. The lowest BCUT2D eigenvalue weighted by Gasteiger charge is -2.19. The second kappa shape index (κ2) is 4.86. The molecule has 0 aliphatic heterocycles. The standard InChI is InChI=1S/C11H23N/c1-9(2)12-11-6-4-5-10(3)7-8-11/h9-12H,4-8H2,1-3H3/t10-,11-/m1/s1. The highest BCUT2D eigenvalue weighted by atomic mass is 14.9. The molecule has 72 valence electrons. The van der Waals surface area contributed by atoms with Crippen molar-refractivity contribution in [3.8, 4) is 0 Å². The predicted molar refractivity (Wildman–Crippen MR) is 54.3 cm³/mol. The molecule has 0 aromatic carbocycles. The first-order chi connectivity index (χ1) is 5.68. The Bertz CT molecular complexity index is 120. The highest BCUT2D eigenvalue weighted by Gasteiger charge is 2.15. The maximum absolute atomic E-state index is 3.64. The van der Waals surface area contributed by atoms with Crippen LogP contribution >= 0.6 is 0 Å². The summed E-state index contributed by atoms with van der Waals surface area (Å²) in [6, 6.07) is 1.46. The van der Waals surface area contributed by atoms with Gasteiger partial charge in [0, 0.05) is 12.1 Å². The van der Waals surface area contributed by atoms with Crippen molar-refractivity contribution in [2.24, 2.45) is 5.92 Å². The van der Waals surface area contributed by atoms with Crippen molar-refractivity contribution in [1.29, 1.82) is 0 Å². The summed E-state index contributed by atoms with van der Waals surface area (Å²) < 4.78 is 0. The maximum atomic E-state index is 3.64. The topological polar surface area (TPSA) is 12.0 Å². The lowest BCUT2D eigenvalue weighted by molar-refractivity contribution is 0.415. The summed E-state index contributed by atoms with van der Waals surface area (Å²) in [7, 11) is 0. The van der Waals surface area contributed by atoms with Gasteiger partial charge in [0.1, 0.15) is 0 Å². The van der Waals surface area contributed by atoms with Crippen LogP contribution in [0.1, 0.15) is 52.9 Å². The molecule has 1 rings (SSSR count). The molecule has 0 heterocycles. The third-order valence-corrected chi connectivity index (χ3v) is 2.83. The fourth-order valence-electron chi connectivity index (χ4n) is 2.13. The maximum Gasteiger partial charge on any atom is 0.00695 e. The van der Waals surface area contributed by atoms with Gasteiger partial charge in [0.25, 0.3) is 0 Å². The van der Waals surface area contributed by atoms with Gasteiger partial charge < -0.3 is 5.32 Å². The minimum atomic E-state index is 0.656. The zero-order chi connectivity index (χ0) is 8.97. The summed E-state index contributed by atoms with van der Waals surface area (Å²) >= 11 is 0. The van der Waals surface area contributed by atoms with E-state index >= 15 is 0 Å². The van der Waals surface area contributed by atoms with Crippen LogP contribution in [-0.2, 0) is 0 Å². The monoisotopic (exact) mass is 169 g/mol. The number of rotatable bonds is 2. The van der Waals surface area contributed by atoms with Gasteiger partial charge >= 0.3 is 0 Å². The molecule has 0 radical (unpaired) electrons. The van der Waals surface area contributed by atoms with Crippen LogP contribution in [0.5, 0.6) is 0 Å². The minimum Gasteiger partial charge on any atom is -0.312 e. The smallest absolute Gasteiger partial charge is 0.00695 e.